The second kappa shape index (κ2) is 10.9. The van der Waals surface area contributed by atoms with E-state index in [0.29, 0.717) is 23.6 Å². The molecule has 0 aliphatic heterocycles. The number of nitriles is 1. The molecule has 37 heavy (non-hydrogen) atoms. The largest absolute Gasteiger partial charge is 0.432 e. The number of alkyl halides is 2. The minimum Gasteiger partial charge on any atom is -0.429 e. The van der Waals surface area contributed by atoms with Gasteiger partial charge in [-0.3, -0.25) is 0 Å². The lowest BCUT2D eigenvalue weighted by molar-refractivity contribution is -0.189. The molecule has 194 valence electrons. The van der Waals surface area contributed by atoms with Crippen LogP contribution in [0.25, 0.3) is 11.1 Å². The highest BCUT2D eigenvalue weighted by Crippen LogP contribution is 2.40. The van der Waals surface area contributed by atoms with Gasteiger partial charge in [-0.05, 0) is 66.3 Å². The van der Waals surface area contributed by atoms with Crippen molar-refractivity contribution in [3.63, 3.8) is 0 Å². The number of hydrogen-bond acceptors (Lipinski definition) is 2. The molecule has 1 fully saturated rings. The summed E-state index contributed by atoms with van der Waals surface area (Å²) in [5, 5.41) is 8.68. The Morgan fingerprint density at radius 2 is 1.41 bits per heavy atom. The van der Waals surface area contributed by atoms with E-state index in [9.17, 15) is 26.3 Å². The summed E-state index contributed by atoms with van der Waals surface area (Å²) in [6, 6.07) is 10.7. The Balaban J connectivity index is 1.53. The van der Waals surface area contributed by atoms with Crippen LogP contribution in [0.15, 0.2) is 48.5 Å². The van der Waals surface area contributed by atoms with Gasteiger partial charge in [-0.1, -0.05) is 44.0 Å². The molecule has 0 saturated heterocycles. The van der Waals surface area contributed by atoms with Gasteiger partial charge in [-0.15, -0.1) is 0 Å². The van der Waals surface area contributed by atoms with Crippen LogP contribution in [0.2, 0.25) is 0 Å². The summed E-state index contributed by atoms with van der Waals surface area (Å²) in [7, 11) is 0. The molecule has 0 amide bonds. The van der Waals surface area contributed by atoms with Gasteiger partial charge in [0, 0.05) is 12.1 Å². The third kappa shape index (κ3) is 5.76. The van der Waals surface area contributed by atoms with Crippen molar-refractivity contribution in [2.45, 2.75) is 57.5 Å². The molecule has 0 unspecified atom stereocenters. The Kier molecular flexibility index (Phi) is 7.82. The van der Waals surface area contributed by atoms with Gasteiger partial charge in [0.15, 0.2) is 0 Å². The maximum absolute atomic E-state index is 14.8. The zero-order chi connectivity index (χ0) is 26.7. The molecule has 0 spiro atoms. The molecule has 0 atom stereocenters. The molecule has 2 nitrogen and oxygen atoms in total. The highest BCUT2D eigenvalue weighted by Gasteiger charge is 2.41. The van der Waals surface area contributed by atoms with E-state index in [1.54, 1.807) is 12.1 Å². The highest BCUT2D eigenvalue weighted by molar-refractivity contribution is 5.64. The smallest absolute Gasteiger partial charge is 0.429 e. The maximum atomic E-state index is 14.8. The van der Waals surface area contributed by atoms with Gasteiger partial charge < -0.3 is 4.74 Å². The summed E-state index contributed by atoms with van der Waals surface area (Å²) < 4.78 is 90.6. The first-order chi connectivity index (χ1) is 17.6. The lowest BCUT2D eigenvalue weighted by atomic mass is 9.77. The summed E-state index contributed by atoms with van der Waals surface area (Å²) in [5.74, 6) is -5.88. The first-order valence-corrected chi connectivity index (χ1v) is 12.2. The summed E-state index contributed by atoms with van der Waals surface area (Å²) in [6.45, 7) is 2.19. The van der Waals surface area contributed by atoms with Gasteiger partial charge in [-0.2, -0.15) is 14.0 Å². The molecule has 4 rings (SSSR count). The zero-order valence-electron chi connectivity index (χ0n) is 20.1. The zero-order valence-corrected chi connectivity index (χ0v) is 20.1. The quantitative estimate of drug-likeness (QED) is 0.293. The van der Waals surface area contributed by atoms with E-state index in [0.717, 1.165) is 36.5 Å². The molecule has 3 aromatic carbocycles. The van der Waals surface area contributed by atoms with Crippen LogP contribution < -0.4 is 4.74 Å². The van der Waals surface area contributed by atoms with Crippen LogP contribution in [0, 0.1) is 40.5 Å². The van der Waals surface area contributed by atoms with Gasteiger partial charge in [0.2, 0.25) is 0 Å². The van der Waals surface area contributed by atoms with Crippen LogP contribution in [-0.2, 0) is 6.11 Å². The van der Waals surface area contributed by atoms with Crippen molar-refractivity contribution in [1.29, 1.82) is 5.26 Å². The number of benzene rings is 3. The van der Waals surface area contributed by atoms with Crippen LogP contribution in [-0.4, -0.2) is 0 Å². The van der Waals surface area contributed by atoms with E-state index in [2.05, 4.69) is 11.7 Å². The molecule has 0 radical (unpaired) electrons. The van der Waals surface area contributed by atoms with Crippen molar-refractivity contribution in [2.24, 2.45) is 5.92 Å². The number of nitrogens with zero attached hydrogens (tertiary/aromatic N) is 1. The molecule has 1 saturated carbocycles. The first-order valence-electron chi connectivity index (χ1n) is 12.2. The van der Waals surface area contributed by atoms with Crippen molar-refractivity contribution in [3.8, 4) is 22.9 Å². The number of hydrogen-bond donors (Lipinski definition) is 0. The van der Waals surface area contributed by atoms with Crippen molar-refractivity contribution in [3.05, 3.63) is 88.5 Å². The van der Waals surface area contributed by atoms with Crippen molar-refractivity contribution >= 4 is 0 Å². The molecule has 8 heteroatoms. The van der Waals surface area contributed by atoms with Crippen molar-refractivity contribution < 1.29 is 31.1 Å². The van der Waals surface area contributed by atoms with E-state index in [-0.39, 0.29) is 5.56 Å². The van der Waals surface area contributed by atoms with Crippen molar-refractivity contribution in [1.82, 2.24) is 0 Å². The Hall–Kier alpha value is -3.47. The van der Waals surface area contributed by atoms with E-state index >= 15 is 0 Å². The Morgan fingerprint density at radius 3 is 1.92 bits per heavy atom. The van der Waals surface area contributed by atoms with E-state index in [4.69, 9.17) is 5.26 Å². The molecule has 0 heterocycles. The average molecular weight is 518 g/mol. The van der Waals surface area contributed by atoms with Crippen molar-refractivity contribution in [2.75, 3.05) is 0 Å². The predicted molar refractivity (Wildman–Crippen MR) is 127 cm³/mol. The standard InChI is InChI=1S/C29H25F6NO/c1-2-3-17-4-6-18(7-5-17)19-8-10-20(11-9-19)21-12-26(32)28(27(33)13-21)29(34,35)37-22-14-24(30)23(16-36)25(31)15-22/h8-15,17-18H,2-7H2,1H3. The normalized spacial score (nSPS) is 17.9. The van der Waals surface area contributed by atoms with Crippen LogP contribution in [0.1, 0.15) is 68.1 Å². The average Bonchev–Trinajstić information content (AvgIpc) is 2.84. The lowest BCUT2D eigenvalue weighted by Gasteiger charge is -2.28. The molecule has 3 aromatic rings. The molecule has 0 aromatic heterocycles. The maximum Gasteiger partial charge on any atom is 0.432 e. The number of rotatable bonds is 7. The van der Waals surface area contributed by atoms with Gasteiger partial charge in [0.1, 0.15) is 46.2 Å². The minimum absolute atomic E-state index is 0.0585. The number of ether oxygens (including phenoxy) is 1. The second-order valence-corrected chi connectivity index (χ2v) is 9.44. The lowest BCUT2D eigenvalue weighted by Crippen LogP contribution is -2.25. The van der Waals surface area contributed by atoms with Crippen LogP contribution in [0.3, 0.4) is 0 Å². The molecule has 1 aliphatic carbocycles. The molecular formula is C29H25F6NO. The van der Waals surface area contributed by atoms with Crippen LogP contribution in [0.5, 0.6) is 5.75 Å². The minimum atomic E-state index is -4.58. The topological polar surface area (TPSA) is 33.0 Å². The fraction of sp³-hybridized carbons (Fsp3) is 0.345. The summed E-state index contributed by atoms with van der Waals surface area (Å²) in [5.41, 5.74) is -1.04. The molecule has 1 aliphatic rings. The third-order valence-electron chi connectivity index (χ3n) is 6.97. The fourth-order valence-corrected chi connectivity index (χ4v) is 5.07. The molecular weight excluding hydrogens is 492 g/mol. The summed E-state index contributed by atoms with van der Waals surface area (Å²) in [4.78, 5) is 0. The Bertz CT molecular complexity index is 1260. The predicted octanol–water partition coefficient (Wildman–Crippen LogP) is 8.98. The van der Waals surface area contributed by atoms with E-state index in [1.165, 1.54) is 31.8 Å². The number of halogens is 6. The molecule has 0 N–H and O–H groups in total. The fourth-order valence-electron chi connectivity index (χ4n) is 5.07. The van der Waals surface area contributed by atoms with Gasteiger partial charge >= 0.3 is 6.11 Å². The van der Waals surface area contributed by atoms with Crippen LogP contribution in [0.4, 0.5) is 26.3 Å². The van der Waals surface area contributed by atoms with Gasteiger partial charge in [0.05, 0.1) is 0 Å². The second-order valence-electron chi connectivity index (χ2n) is 9.44. The van der Waals surface area contributed by atoms with Gasteiger partial charge in [0.25, 0.3) is 0 Å². The Morgan fingerprint density at radius 1 is 0.838 bits per heavy atom. The summed E-state index contributed by atoms with van der Waals surface area (Å²) >= 11 is 0. The SMILES string of the molecule is CCCC1CCC(c2ccc(-c3cc(F)c(C(F)(F)Oc4cc(F)c(C#N)c(F)c4)c(F)c3)cc2)CC1. The highest BCUT2D eigenvalue weighted by atomic mass is 19.3. The van der Waals surface area contributed by atoms with E-state index in [1.807, 2.05) is 12.1 Å². The third-order valence-corrected chi connectivity index (χ3v) is 6.97. The summed E-state index contributed by atoms with van der Waals surface area (Å²) in [6.07, 6.45) is 2.37. The van der Waals surface area contributed by atoms with E-state index < -0.39 is 46.3 Å². The Labute approximate surface area is 211 Å². The van der Waals surface area contributed by atoms with Gasteiger partial charge in [-0.25, -0.2) is 17.6 Å². The van der Waals surface area contributed by atoms with Crippen LogP contribution >= 0.6 is 0 Å². The first kappa shape index (κ1) is 26.6. The monoisotopic (exact) mass is 517 g/mol. The molecule has 0 bridgehead atoms.